The number of hydrogen-bond acceptors (Lipinski definition) is 3. The molecule has 5 heteroatoms. The minimum atomic E-state index is -0.255. The summed E-state index contributed by atoms with van der Waals surface area (Å²) < 4.78 is 0. The Hall–Kier alpha value is -2.07. The van der Waals surface area contributed by atoms with Gasteiger partial charge in [-0.05, 0) is 30.7 Å². The quantitative estimate of drug-likeness (QED) is 0.903. The Morgan fingerprint density at radius 2 is 2.11 bits per heavy atom. The second-order valence-electron chi connectivity index (χ2n) is 4.12. The van der Waals surface area contributed by atoms with Crippen molar-refractivity contribution in [2.45, 2.75) is 6.92 Å². The number of nitrogens with zero attached hydrogens (tertiary/aromatic N) is 1. The predicted molar refractivity (Wildman–Crippen MR) is 77.9 cm³/mol. The van der Waals surface area contributed by atoms with Crippen LogP contribution in [0.15, 0.2) is 36.5 Å². The first-order valence-electron chi connectivity index (χ1n) is 5.81. The molecule has 0 aliphatic heterocycles. The van der Waals surface area contributed by atoms with Crippen LogP contribution in [0.5, 0.6) is 0 Å². The monoisotopic (exact) mass is 275 g/mol. The van der Waals surface area contributed by atoms with Crippen molar-refractivity contribution in [2.75, 3.05) is 17.7 Å². The largest absolute Gasteiger partial charge is 0.373 e. The molecular weight excluding hydrogens is 262 g/mol. The van der Waals surface area contributed by atoms with Gasteiger partial charge in [0.2, 0.25) is 0 Å². The number of carbonyl (C=O) groups excluding carboxylic acids is 1. The van der Waals surface area contributed by atoms with E-state index < -0.39 is 0 Å². The molecule has 1 heterocycles. The van der Waals surface area contributed by atoms with Gasteiger partial charge in [0.1, 0.15) is 5.82 Å². The van der Waals surface area contributed by atoms with Gasteiger partial charge in [-0.2, -0.15) is 0 Å². The van der Waals surface area contributed by atoms with Crippen molar-refractivity contribution in [3.05, 3.63) is 52.7 Å². The van der Waals surface area contributed by atoms with Gasteiger partial charge in [0.05, 0.1) is 10.6 Å². The summed E-state index contributed by atoms with van der Waals surface area (Å²) in [5.74, 6) is 0.341. The predicted octanol–water partition coefficient (Wildman–Crippen LogP) is 3.34. The Kier molecular flexibility index (Phi) is 4.02. The normalized spacial score (nSPS) is 10.1. The summed E-state index contributed by atoms with van der Waals surface area (Å²) in [6.45, 7) is 1.97. The molecule has 0 fully saturated rings. The van der Waals surface area contributed by atoms with Crippen LogP contribution in [0.25, 0.3) is 0 Å². The number of pyridine rings is 1. The molecule has 2 rings (SSSR count). The average Bonchev–Trinajstić information content (AvgIpc) is 2.39. The first kappa shape index (κ1) is 13.4. The molecule has 0 saturated carbocycles. The van der Waals surface area contributed by atoms with Gasteiger partial charge in [-0.25, -0.2) is 4.98 Å². The molecule has 0 radical (unpaired) electrons. The molecule has 1 aromatic carbocycles. The van der Waals surface area contributed by atoms with Crippen LogP contribution in [0.3, 0.4) is 0 Å². The van der Waals surface area contributed by atoms with E-state index in [1.54, 1.807) is 13.1 Å². The topological polar surface area (TPSA) is 54.0 Å². The fourth-order valence-electron chi connectivity index (χ4n) is 1.67. The molecular formula is C14H14ClN3O. The second kappa shape index (κ2) is 5.71. The summed E-state index contributed by atoms with van der Waals surface area (Å²) in [6, 6.07) is 9.20. The lowest BCUT2D eigenvalue weighted by Gasteiger charge is -2.08. The zero-order valence-corrected chi connectivity index (χ0v) is 11.5. The summed E-state index contributed by atoms with van der Waals surface area (Å²) in [4.78, 5) is 16.2. The number of carbonyl (C=O) groups is 1. The smallest absolute Gasteiger partial charge is 0.257 e. The molecule has 0 spiro atoms. The average molecular weight is 276 g/mol. The van der Waals surface area contributed by atoms with Gasteiger partial charge >= 0.3 is 0 Å². The number of aromatic nitrogens is 1. The summed E-state index contributed by atoms with van der Waals surface area (Å²) in [7, 11) is 1.73. The van der Waals surface area contributed by atoms with E-state index >= 15 is 0 Å². The van der Waals surface area contributed by atoms with Crippen LogP contribution in [-0.4, -0.2) is 17.9 Å². The Balaban J connectivity index is 2.25. The highest BCUT2D eigenvalue weighted by atomic mass is 35.5. The van der Waals surface area contributed by atoms with Gasteiger partial charge in [0, 0.05) is 18.9 Å². The van der Waals surface area contributed by atoms with Gasteiger partial charge in [-0.3, -0.25) is 4.79 Å². The maximum Gasteiger partial charge on any atom is 0.257 e. The molecule has 0 saturated heterocycles. The minimum absolute atomic E-state index is 0.255. The van der Waals surface area contributed by atoms with E-state index in [4.69, 9.17) is 11.6 Å². The number of rotatable bonds is 3. The summed E-state index contributed by atoms with van der Waals surface area (Å²) in [5.41, 5.74) is 2.21. The van der Waals surface area contributed by atoms with Gasteiger partial charge in [0.25, 0.3) is 5.91 Å². The maximum atomic E-state index is 12.2. The molecule has 2 aromatic rings. The van der Waals surface area contributed by atoms with Crippen molar-refractivity contribution in [2.24, 2.45) is 0 Å². The van der Waals surface area contributed by atoms with Crippen LogP contribution in [0.1, 0.15) is 15.9 Å². The minimum Gasteiger partial charge on any atom is -0.373 e. The number of benzene rings is 1. The summed E-state index contributed by atoms with van der Waals surface area (Å²) in [6.07, 6.45) is 1.46. The molecule has 0 atom stereocenters. The lowest BCUT2D eigenvalue weighted by molar-refractivity contribution is 0.102. The van der Waals surface area contributed by atoms with Gasteiger partial charge in [0.15, 0.2) is 0 Å². The molecule has 0 aliphatic rings. The number of anilines is 2. The van der Waals surface area contributed by atoms with Crippen LogP contribution < -0.4 is 10.6 Å². The zero-order valence-electron chi connectivity index (χ0n) is 10.7. The Morgan fingerprint density at radius 3 is 2.79 bits per heavy atom. The van der Waals surface area contributed by atoms with Gasteiger partial charge in [-0.1, -0.05) is 23.7 Å². The van der Waals surface area contributed by atoms with E-state index in [0.29, 0.717) is 16.4 Å². The summed E-state index contributed by atoms with van der Waals surface area (Å²) >= 11 is 5.99. The number of aryl methyl sites for hydroxylation is 1. The lowest BCUT2D eigenvalue weighted by Crippen LogP contribution is -2.13. The van der Waals surface area contributed by atoms with Crippen molar-refractivity contribution >= 4 is 29.0 Å². The molecule has 2 N–H and O–H groups in total. The number of nitrogens with one attached hydrogen (secondary N) is 2. The molecule has 19 heavy (non-hydrogen) atoms. The standard InChI is InChI=1S/C14H14ClN3O/c1-9-4-3-5-10(6-9)18-14(19)11-7-13(16-2)17-8-12(11)15/h3-8H,1-2H3,(H,16,17)(H,18,19). The zero-order chi connectivity index (χ0) is 13.8. The first-order valence-corrected chi connectivity index (χ1v) is 6.19. The van der Waals surface area contributed by atoms with Crippen molar-refractivity contribution in [3.8, 4) is 0 Å². The highest BCUT2D eigenvalue weighted by Crippen LogP contribution is 2.19. The van der Waals surface area contributed by atoms with Crippen molar-refractivity contribution in [1.29, 1.82) is 0 Å². The van der Waals surface area contributed by atoms with Crippen LogP contribution in [0.4, 0.5) is 11.5 Å². The molecule has 1 aromatic heterocycles. The van der Waals surface area contributed by atoms with E-state index in [-0.39, 0.29) is 5.91 Å². The van der Waals surface area contributed by atoms with Crippen molar-refractivity contribution in [1.82, 2.24) is 4.98 Å². The molecule has 98 valence electrons. The number of amides is 1. The van der Waals surface area contributed by atoms with E-state index in [1.807, 2.05) is 31.2 Å². The van der Waals surface area contributed by atoms with Crippen molar-refractivity contribution < 1.29 is 4.79 Å². The van der Waals surface area contributed by atoms with Gasteiger partial charge < -0.3 is 10.6 Å². The van der Waals surface area contributed by atoms with Crippen LogP contribution in [0, 0.1) is 6.92 Å². The third-order valence-electron chi connectivity index (χ3n) is 2.63. The van der Waals surface area contributed by atoms with Crippen molar-refractivity contribution in [3.63, 3.8) is 0 Å². The van der Waals surface area contributed by atoms with Crippen LogP contribution in [-0.2, 0) is 0 Å². The number of hydrogen-bond donors (Lipinski definition) is 2. The van der Waals surface area contributed by atoms with E-state index in [9.17, 15) is 4.79 Å². The molecule has 0 unspecified atom stereocenters. The summed E-state index contributed by atoms with van der Waals surface area (Å²) in [5, 5.41) is 6.01. The van der Waals surface area contributed by atoms with Crippen LogP contribution >= 0.6 is 11.6 Å². The molecule has 4 nitrogen and oxygen atoms in total. The second-order valence-corrected chi connectivity index (χ2v) is 4.53. The highest BCUT2D eigenvalue weighted by Gasteiger charge is 2.12. The van der Waals surface area contributed by atoms with E-state index in [2.05, 4.69) is 15.6 Å². The lowest BCUT2D eigenvalue weighted by atomic mass is 10.2. The number of halogens is 1. The maximum absolute atomic E-state index is 12.2. The third-order valence-corrected chi connectivity index (χ3v) is 2.93. The fourth-order valence-corrected chi connectivity index (χ4v) is 1.86. The van der Waals surface area contributed by atoms with E-state index in [1.165, 1.54) is 6.20 Å². The Morgan fingerprint density at radius 1 is 1.32 bits per heavy atom. The first-order chi connectivity index (χ1) is 9.10. The van der Waals surface area contributed by atoms with Gasteiger partial charge in [-0.15, -0.1) is 0 Å². The molecule has 1 amide bonds. The molecule has 0 aliphatic carbocycles. The SMILES string of the molecule is CNc1cc(C(=O)Nc2cccc(C)c2)c(Cl)cn1. The fraction of sp³-hybridized carbons (Fsp3) is 0.143. The highest BCUT2D eigenvalue weighted by molar-refractivity contribution is 6.34. The van der Waals surface area contributed by atoms with E-state index in [0.717, 1.165) is 11.3 Å². The molecule has 0 bridgehead atoms. The van der Waals surface area contributed by atoms with Crippen LogP contribution in [0.2, 0.25) is 5.02 Å². The Bertz CT molecular complexity index is 613. The third kappa shape index (κ3) is 3.23. The Labute approximate surface area is 116 Å².